The van der Waals surface area contributed by atoms with Gasteiger partial charge in [-0.2, -0.15) is 0 Å². The molecule has 0 heterocycles. The summed E-state index contributed by atoms with van der Waals surface area (Å²) in [6, 6.07) is 5.62. The van der Waals surface area contributed by atoms with Gasteiger partial charge in [0.25, 0.3) is 11.6 Å². The molecule has 0 saturated heterocycles. The number of ether oxygens (including phenoxy) is 1. The number of nitro benzene ring substituents is 1. The second-order valence-corrected chi connectivity index (χ2v) is 5.17. The van der Waals surface area contributed by atoms with Crippen molar-refractivity contribution in [3.05, 3.63) is 34.4 Å². The number of hydrogen-bond donors (Lipinski definition) is 2. The van der Waals surface area contributed by atoms with Gasteiger partial charge in [-0.1, -0.05) is 19.9 Å². The van der Waals surface area contributed by atoms with Crippen LogP contribution in [-0.4, -0.2) is 30.0 Å². The van der Waals surface area contributed by atoms with E-state index in [-0.39, 0.29) is 30.0 Å². The molecule has 0 bridgehead atoms. The van der Waals surface area contributed by atoms with E-state index in [9.17, 15) is 14.9 Å². The van der Waals surface area contributed by atoms with Gasteiger partial charge in [-0.05, 0) is 18.4 Å². The van der Waals surface area contributed by atoms with E-state index in [4.69, 9.17) is 10.5 Å². The van der Waals surface area contributed by atoms with Crippen molar-refractivity contribution in [1.29, 1.82) is 0 Å². The highest BCUT2D eigenvalue weighted by Gasteiger charge is 2.13. The fourth-order valence-corrected chi connectivity index (χ4v) is 1.89. The van der Waals surface area contributed by atoms with Crippen molar-refractivity contribution in [1.82, 2.24) is 5.32 Å². The van der Waals surface area contributed by atoms with Gasteiger partial charge in [0, 0.05) is 18.7 Å². The van der Waals surface area contributed by atoms with E-state index < -0.39 is 4.92 Å². The Balaban J connectivity index is 2.49. The summed E-state index contributed by atoms with van der Waals surface area (Å²) in [7, 11) is 0. The number of nitro groups is 1. The molecule has 0 fully saturated rings. The van der Waals surface area contributed by atoms with Crippen LogP contribution >= 0.6 is 0 Å². The fraction of sp³-hybridized carbons (Fsp3) is 0.500. The minimum Gasteiger partial charge on any atom is -0.484 e. The van der Waals surface area contributed by atoms with Gasteiger partial charge < -0.3 is 15.8 Å². The number of nitrogens with two attached hydrogens (primary N) is 1. The molecule has 0 aromatic heterocycles. The summed E-state index contributed by atoms with van der Waals surface area (Å²) in [4.78, 5) is 21.9. The average Bonchev–Trinajstić information content (AvgIpc) is 2.44. The van der Waals surface area contributed by atoms with Crippen molar-refractivity contribution in [2.75, 3.05) is 13.2 Å². The lowest BCUT2D eigenvalue weighted by atomic mass is 10.0. The third-order valence-corrected chi connectivity index (χ3v) is 2.80. The molecule has 3 N–H and O–H groups in total. The Morgan fingerprint density at radius 3 is 2.76 bits per heavy atom. The molecule has 0 saturated carbocycles. The molecule has 0 radical (unpaired) electrons. The molecule has 1 aromatic rings. The molecule has 0 aliphatic carbocycles. The van der Waals surface area contributed by atoms with E-state index in [1.807, 2.05) is 0 Å². The smallest absolute Gasteiger partial charge is 0.273 e. The van der Waals surface area contributed by atoms with Crippen LogP contribution in [0.5, 0.6) is 5.75 Å². The standard InChI is InChI=1S/C14H21N3O4/c1-10(2)6-11(8-15)16-14(18)9-21-13-5-3-4-12(7-13)17(19)20/h3-5,7,10-11H,6,8-9,15H2,1-2H3,(H,16,18). The van der Waals surface area contributed by atoms with E-state index in [1.165, 1.54) is 18.2 Å². The van der Waals surface area contributed by atoms with Gasteiger partial charge in [0.2, 0.25) is 0 Å². The highest BCUT2D eigenvalue weighted by Crippen LogP contribution is 2.18. The summed E-state index contributed by atoms with van der Waals surface area (Å²) < 4.78 is 5.25. The monoisotopic (exact) mass is 295 g/mol. The van der Waals surface area contributed by atoms with E-state index in [0.29, 0.717) is 12.5 Å². The van der Waals surface area contributed by atoms with Crippen molar-refractivity contribution >= 4 is 11.6 Å². The molecular weight excluding hydrogens is 274 g/mol. The molecule has 7 nitrogen and oxygen atoms in total. The molecule has 1 unspecified atom stereocenters. The maximum atomic E-state index is 11.8. The summed E-state index contributed by atoms with van der Waals surface area (Å²) in [5.41, 5.74) is 5.52. The quantitative estimate of drug-likeness (QED) is 0.557. The summed E-state index contributed by atoms with van der Waals surface area (Å²) in [5, 5.41) is 13.4. The lowest BCUT2D eigenvalue weighted by Crippen LogP contribution is -2.43. The number of hydrogen-bond acceptors (Lipinski definition) is 5. The topological polar surface area (TPSA) is 107 Å². The first kappa shape index (κ1) is 16.9. The zero-order valence-corrected chi connectivity index (χ0v) is 12.2. The van der Waals surface area contributed by atoms with Crippen LogP contribution < -0.4 is 15.8 Å². The van der Waals surface area contributed by atoms with Crippen LogP contribution in [0, 0.1) is 16.0 Å². The third-order valence-electron chi connectivity index (χ3n) is 2.80. The van der Waals surface area contributed by atoms with Crippen molar-refractivity contribution in [3.63, 3.8) is 0 Å². The molecule has 116 valence electrons. The number of carbonyl (C=O) groups is 1. The van der Waals surface area contributed by atoms with Crippen LogP contribution in [-0.2, 0) is 4.79 Å². The Kier molecular flexibility index (Phi) is 6.61. The number of carbonyl (C=O) groups excluding carboxylic acids is 1. The molecule has 21 heavy (non-hydrogen) atoms. The van der Waals surface area contributed by atoms with Crippen molar-refractivity contribution < 1.29 is 14.5 Å². The maximum absolute atomic E-state index is 11.8. The number of nitrogens with zero attached hydrogens (tertiary/aromatic N) is 1. The number of benzene rings is 1. The largest absolute Gasteiger partial charge is 0.484 e. The highest BCUT2D eigenvalue weighted by molar-refractivity contribution is 5.77. The van der Waals surface area contributed by atoms with Gasteiger partial charge in [-0.15, -0.1) is 0 Å². The zero-order chi connectivity index (χ0) is 15.8. The molecule has 1 atom stereocenters. The number of nitrogens with one attached hydrogen (secondary N) is 1. The van der Waals surface area contributed by atoms with Crippen LogP contribution in [0.15, 0.2) is 24.3 Å². The Labute approximate surface area is 123 Å². The molecule has 0 spiro atoms. The normalized spacial score (nSPS) is 12.0. The first-order valence-corrected chi connectivity index (χ1v) is 6.79. The summed E-state index contributed by atoms with van der Waals surface area (Å²) >= 11 is 0. The third kappa shape index (κ3) is 6.22. The second-order valence-electron chi connectivity index (χ2n) is 5.17. The van der Waals surface area contributed by atoms with E-state index in [2.05, 4.69) is 19.2 Å². The van der Waals surface area contributed by atoms with Gasteiger partial charge in [-0.3, -0.25) is 14.9 Å². The van der Waals surface area contributed by atoms with Crippen LogP contribution in [0.1, 0.15) is 20.3 Å². The van der Waals surface area contributed by atoms with E-state index in [0.717, 1.165) is 6.42 Å². The van der Waals surface area contributed by atoms with Crippen molar-refractivity contribution in [3.8, 4) is 5.75 Å². The van der Waals surface area contributed by atoms with E-state index in [1.54, 1.807) is 6.07 Å². The number of rotatable bonds is 8. The summed E-state index contributed by atoms with van der Waals surface area (Å²) in [5.74, 6) is 0.418. The molecule has 0 aliphatic heterocycles. The second kappa shape index (κ2) is 8.21. The van der Waals surface area contributed by atoms with Crippen LogP contribution in [0.25, 0.3) is 0 Å². The van der Waals surface area contributed by atoms with Crippen molar-refractivity contribution in [2.45, 2.75) is 26.3 Å². The molecule has 1 amide bonds. The number of amides is 1. The molecule has 1 rings (SSSR count). The summed E-state index contributed by atoms with van der Waals surface area (Å²) in [6.45, 7) is 4.26. The predicted octanol–water partition coefficient (Wildman–Crippen LogP) is 1.46. The Morgan fingerprint density at radius 2 is 2.19 bits per heavy atom. The maximum Gasteiger partial charge on any atom is 0.273 e. The molecular formula is C14H21N3O4. The first-order valence-electron chi connectivity index (χ1n) is 6.79. The average molecular weight is 295 g/mol. The zero-order valence-electron chi connectivity index (χ0n) is 12.2. The predicted molar refractivity (Wildman–Crippen MR) is 79.0 cm³/mol. The minimum absolute atomic E-state index is 0.0763. The Bertz CT molecular complexity index is 491. The summed E-state index contributed by atoms with van der Waals surface area (Å²) in [6.07, 6.45) is 0.791. The highest BCUT2D eigenvalue weighted by atomic mass is 16.6. The van der Waals surface area contributed by atoms with Crippen LogP contribution in [0.4, 0.5) is 5.69 Å². The van der Waals surface area contributed by atoms with Crippen LogP contribution in [0.3, 0.4) is 0 Å². The lowest BCUT2D eigenvalue weighted by Gasteiger charge is -2.18. The molecule has 1 aromatic carbocycles. The van der Waals surface area contributed by atoms with Gasteiger partial charge >= 0.3 is 0 Å². The molecule has 0 aliphatic rings. The van der Waals surface area contributed by atoms with Crippen molar-refractivity contribution in [2.24, 2.45) is 11.7 Å². The Hall–Kier alpha value is -2.15. The molecule has 7 heteroatoms. The SMILES string of the molecule is CC(C)CC(CN)NC(=O)COc1cccc([N+](=O)[O-])c1. The fourth-order valence-electron chi connectivity index (χ4n) is 1.89. The van der Waals surface area contributed by atoms with Gasteiger partial charge in [-0.25, -0.2) is 0 Å². The van der Waals surface area contributed by atoms with Gasteiger partial charge in [0.15, 0.2) is 6.61 Å². The van der Waals surface area contributed by atoms with Crippen LogP contribution in [0.2, 0.25) is 0 Å². The first-order chi connectivity index (χ1) is 9.92. The minimum atomic E-state index is -0.514. The van der Waals surface area contributed by atoms with E-state index >= 15 is 0 Å². The van der Waals surface area contributed by atoms with Gasteiger partial charge in [0.05, 0.1) is 11.0 Å². The lowest BCUT2D eigenvalue weighted by molar-refractivity contribution is -0.384. The Morgan fingerprint density at radius 1 is 1.48 bits per heavy atom. The van der Waals surface area contributed by atoms with Gasteiger partial charge in [0.1, 0.15) is 5.75 Å². The number of non-ortho nitro benzene ring substituents is 1.